The van der Waals surface area contributed by atoms with Gasteiger partial charge in [0, 0.05) is 18.8 Å². The highest BCUT2D eigenvalue weighted by Gasteiger charge is 2.13. The van der Waals surface area contributed by atoms with Crippen molar-refractivity contribution in [2.75, 3.05) is 17.7 Å². The number of anilines is 2. The Hall–Kier alpha value is -1.78. The SMILES string of the molecule is CNc1cc(C(=O)Nc2c(Cl)ccc(C)c2Cl)ccn1. The molecule has 0 saturated heterocycles. The summed E-state index contributed by atoms with van der Waals surface area (Å²) >= 11 is 12.2. The molecule has 1 heterocycles. The molecule has 0 spiro atoms. The monoisotopic (exact) mass is 309 g/mol. The van der Waals surface area contributed by atoms with Gasteiger partial charge in [-0.15, -0.1) is 0 Å². The maximum absolute atomic E-state index is 12.2. The van der Waals surface area contributed by atoms with E-state index in [1.54, 1.807) is 37.5 Å². The fourth-order valence-electron chi connectivity index (χ4n) is 1.67. The molecule has 0 aliphatic rings. The number of carbonyl (C=O) groups is 1. The zero-order chi connectivity index (χ0) is 14.7. The third kappa shape index (κ3) is 3.03. The lowest BCUT2D eigenvalue weighted by Crippen LogP contribution is -2.13. The molecule has 0 aliphatic heterocycles. The van der Waals surface area contributed by atoms with Crippen molar-refractivity contribution >= 4 is 40.6 Å². The largest absolute Gasteiger partial charge is 0.373 e. The van der Waals surface area contributed by atoms with Crippen molar-refractivity contribution in [1.82, 2.24) is 4.98 Å². The van der Waals surface area contributed by atoms with Crippen LogP contribution in [-0.2, 0) is 0 Å². The Morgan fingerprint density at radius 2 is 2.00 bits per heavy atom. The third-order valence-electron chi connectivity index (χ3n) is 2.80. The van der Waals surface area contributed by atoms with Gasteiger partial charge in [0.1, 0.15) is 5.82 Å². The van der Waals surface area contributed by atoms with E-state index in [0.29, 0.717) is 27.1 Å². The molecule has 104 valence electrons. The first-order valence-corrected chi connectivity index (χ1v) is 6.68. The van der Waals surface area contributed by atoms with Gasteiger partial charge in [-0.1, -0.05) is 29.3 Å². The van der Waals surface area contributed by atoms with E-state index in [2.05, 4.69) is 15.6 Å². The summed E-state index contributed by atoms with van der Waals surface area (Å²) in [4.78, 5) is 16.3. The number of rotatable bonds is 3. The molecule has 4 nitrogen and oxygen atoms in total. The smallest absolute Gasteiger partial charge is 0.255 e. The molecule has 1 aromatic carbocycles. The van der Waals surface area contributed by atoms with Crippen molar-refractivity contribution in [1.29, 1.82) is 0 Å². The molecule has 0 fully saturated rings. The Kier molecular flexibility index (Phi) is 4.47. The number of hydrogen-bond donors (Lipinski definition) is 2. The molecule has 0 unspecified atom stereocenters. The predicted molar refractivity (Wildman–Crippen MR) is 82.9 cm³/mol. The molecule has 0 radical (unpaired) electrons. The van der Waals surface area contributed by atoms with E-state index in [9.17, 15) is 4.79 Å². The second kappa shape index (κ2) is 6.11. The molecule has 20 heavy (non-hydrogen) atoms. The van der Waals surface area contributed by atoms with Crippen molar-refractivity contribution in [2.24, 2.45) is 0 Å². The molecule has 2 rings (SSSR count). The van der Waals surface area contributed by atoms with Crippen molar-refractivity contribution in [3.63, 3.8) is 0 Å². The molecule has 1 amide bonds. The molecular formula is C14H13Cl2N3O. The number of nitrogens with one attached hydrogen (secondary N) is 2. The topological polar surface area (TPSA) is 54.0 Å². The summed E-state index contributed by atoms with van der Waals surface area (Å²) < 4.78 is 0. The quantitative estimate of drug-likeness (QED) is 0.901. The van der Waals surface area contributed by atoms with Crippen LogP contribution < -0.4 is 10.6 Å². The summed E-state index contributed by atoms with van der Waals surface area (Å²) in [5, 5.41) is 6.44. The third-order valence-corrected chi connectivity index (χ3v) is 3.60. The van der Waals surface area contributed by atoms with Crippen LogP contribution in [0.2, 0.25) is 10.0 Å². The lowest BCUT2D eigenvalue weighted by Gasteiger charge is -2.11. The number of aryl methyl sites for hydroxylation is 1. The number of pyridine rings is 1. The standard InChI is InChI=1S/C14H13Cl2N3O/c1-8-3-4-10(15)13(12(8)16)19-14(20)9-5-6-18-11(7-9)17-2/h3-7H,1-2H3,(H,17,18)(H,19,20). The lowest BCUT2D eigenvalue weighted by atomic mass is 10.2. The molecule has 0 saturated carbocycles. The summed E-state index contributed by atoms with van der Waals surface area (Å²) in [6.45, 7) is 1.85. The number of aromatic nitrogens is 1. The highest BCUT2D eigenvalue weighted by atomic mass is 35.5. The van der Waals surface area contributed by atoms with Crippen LogP contribution in [0.25, 0.3) is 0 Å². The maximum atomic E-state index is 12.2. The van der Waals surface area contributed by atoms with E-state index in [4.69, 9.17) is 23.2 Å². The first kappa shape index (κ1) is 14.6. The molecule has 1 aromatic heterocycles. The number of nitrogens with zero attached hydrogens (tertiary/aromatic N) is 1. The van der Waals surface area contributed by atoms with Crippen LogP contribution in [0.1, 0.15) is 15.9 Å². The van der Waals surface area contributed by atoms with Gasteiger partial charge in [-0.25, -0.2) is 4.98 Å². The van der Waals surface area contributed by atoms with E-state index in [-0.39, 0.29) is 5.91 Å². The van der Waals surface area contributed by atoms with E-state index >= 15 is 0 Å². The minimum absolute atomic E-state index is 0.293. The fourth-order valence-corrected chi connectivity index (χ4v) is 2.13. The second-order valence-corrected chi connectivity index (χ2v) is 4.97. The number of hydrogen-bond acceptors (Lipinski definition) is 3. The van der Waals surface area contributed by atoms with Crippen molar-refractivity contribution in [3.8, 4) is 0 Å². The van der Waals surface area contributed by atoms with Crippen molar-refractivity contribution in [2.45, 2.75) is 6.92 Å². The van der Waals surface area contributed by atoms with Gasteiger partial charge in [0.25, 0.3) is 5.91 Å². The first-order chi connectivity index (χ1) is 9.52. The minimum Gasteiger partial charge on any atom is -0.373 e. The number of amides is 1. The van der Waals surface area contributed by atoms with Crippen LogP contribution in [0.4, 0.5) is 11.5 Å². The Labute approximate surface area is 127 Å². The molecule has 6 heteroatoms. The Morgan fingerprint density at radius 3 is 2.70 bits per heavy atom. The van der Waals surface area contributed by atoms with Crippen molar-refractivity contribution in [3.05, 3.63) is 51.6 Å². The van der Waals surface area contributed by atoms with Gasteiger partial charge in [0.05, 0.1) is 15.7 Å². The highest BCUT2D eigenvalue weighted by molar-refractivity contribution is 6.40. The van der Waals surface area contributed by atoms with Gasteiger partial charge in [-0.05, 0) is 30.7 Å². The Balaban J connectivity index is 2.30. The number of benzene rings is 1. The van der Waals surface area contributed by atoms with Crippen LogP contribution in [0.5, 0.6) is 0 Å². The van der Waals surface area contributed by atoms with Gasteiger partial charge in [-0.3, -0.25) is 4.79 Å². The average Bonchev–Trinajstić information content (AvgIpc) is 2.47. The predicted octanol–water partition coefficient (Wildman–Crippen LogP) is 3.99. The fraction of sp³-hybridized carbons (Fsp3) is 0.143. The second-order valence-electron chi connectivity index (χ2n) is 4.19. The lowest BCUT2D eigenvalue weighted by molar-refractivity contribution is 0.102. The van der Waals surface area contributed by atoms with E-state index in [1.807, 2.05) is 6.92 Å². The maximum Gasteiger partial charge on any atom is 0.255 e. The first-order valence-electron chi connectivity index (χ1n) is 5.92. The zero-order valence-electron chi connectivity index (χ0n) is 11.0. The number of carbonyl (C=O) groups excluding carboxylic acids is 1. The Bertz CT molecular complexity index is 659. The van der Waals surface area contributed by atoms with Gasteiger partial charge < -0.3 is 10.6 Å². The molecule has 2 N–H and O–H groups in total. The van der Waals surface area contributed by atoms with E-state index in [0.717, 1.165) is 5.56 Å². The van der Waals surface area contributed by atoms with Gasteiger partial charge in [0.2, 0.25) is 0 Å². The molecule has 0 atom stereocenters. The number of halogens is 2. The highest BCUT2D eigenvalue weighted by Crippen LogP contribution is 2.33. The van der Waals surface area contributed by atoms with Gasteiger partial charge >= 0.3 is 0 Å². The normalized spacial score (nSPS) is 10.2. The summed E-state index contributed by atoms with van der Waals surface area (Å²) in [6, 6.07) is 6.76. The molecule has 2 aromatic rings. The van der Waals surface area contributed by atoms with E-state index < -0.39 is 0 Å². The summed E-state index contributed by atoms with van der Waals surface area (Å²) in [7, 11) is 1.73. The minimum atomic E-state index is -0.293. The molecular weight excluding hydrogens is 297 g/mol. The van der Waals surface area contributed by atoms with Crippen LogP contribution in [0, 0.1) is 6.92 Å². The van der Waals surface area contributed by atoms with Gasteiger partial charge in [-0.2, -0.15) is 0 Å². The molecule has 0 bridgehead atoms. The van der Waals surface area contributed by atoms with E-state index in [1.165, 1.54) is 0 Å². The average molecular weight is 310 g/mol. The zero-order valence-corrected chi connectivity index (χ0v) is 12.5. The summed E-state index contributed by atoms with van der Waals surface area (Å²) in [6.07, 6.45) is 1.56. The summed E-state index contributed by atoms with van der Waals surface area (Å²) in [5.41, 5.74) is 1.73. The summed E-state index contributed by atoms with van der Waals surface area (Å²) in [5.74, 6) is 0.317. The van der Waals surface area contributed by atoms with Crippen molar-refractivity contribution < 1.29 is 4.79 Å². The Morgan fingerprint density at radius 1 is 1.25 bits per heavy atom. The van der Waals surface area contributed by atoms with Gasteiger partial charge in [0.15, 0.2) is 0 Å². The molecule has 0 aliphatic carbocycles. The van der Waals surface area contributed by atoms with Crippen LogP contribution in [-0.4, -0.2) is 17.9 Å². The van der Waals surface area contributed by atoms with Crippen LogP contribution in [0.15, 0.2) is 30.5 Å². The van der Waals surface area contributed by atoms with Crippen LogP contribution in [0.3, 0.4) is 0 Å². The van der Waals surface area contributed by atoms with Crippen LogP contribution >= 0.6 is 23.2 Å².